The Labute approximate surface area is 166 Å². The lowest BCUT2D eigenvalue weighted by Crippen LogP contribution is -2.38. The molecule has 3 rings (SSSR count). The quantitative estimate of drug-likeness (QED) is 0.380. The molecule has 1 amide bonds. The Morgan fingerprint density at radius 1 is 1.34 bits per heavy atom. The van der Waals surface area contributed by atoms with Crippen molar-refractivity contribution < 1.29 is 23.6 Å². The Hall–Kier alpha value is -3.05. The van der Waals surface area contributed by atoms with Crippen LogP contribution in [0.4, 0.5) is 10.1 Å². The van der Waals surface area contributed by atoms with Gasteiger partial charge in [-0.2, -0.15) is 5.10 Å². The highest BCUT2D eigenvalue weighted by Gasteiger charge is 2.17. The van der Waals surface area contributed by atoms with Crippen molar-refractivity contribution in [3.8, 4) is 5.75 Å². The first-order valence-corrected chi connectivity index (χ1v) is 9.21. The van der Waals surface area contributed by atoms with E-state index >= 15 is 0 Å². The van der Waals surface area contributed by atoms with Gasteiger partial charge in [-0.05, 0) is 25.1 Å². The predicted octanol–water partition coefficient (Wildman–Crippen LogP) is 1.42. The standard InChI is InChI=1S/C18H22FN5O5/c19-14-2-3-16(24(26)27)17(12-14)29-13-23-7-4-15(21-23)18(25)20-5-1-6-22-8-10-28-11-9-22/h2-4,7,12H,1,5-6,8-11,13H2,(H,20,25). The van der Waals surface area contributed by atoms with Crippen molar-refractivity contribution in [3.05, 3.63) is 52.1 Å². The normalized spacial score (nSPS) is 14.5. The van der Waals surface area contributed by atoms with Crippen molar-refractivity contribution in [1.29, 1.82) is 0 Å². The number of nitro groups is 1. The number of hydrogen-bond acceptors (Lipinski definition) is 7. The second-order valence-corrected chi connectivity index (χ2v) is 6.45. The zero-order valence-corrected chi connectivity index (χ0v) is 15.8. The number of hydrogen-bond donors (Lipinski definition) is 1. The minimum Gasteiger partial charge on any atom is -0.464 e. The van der Waals surface area contributed by atoms with E-state index in [1.807, 2.05) is 0 Å². The zero-order chi connectivity index (χ0) is 20.6. The molecule has 0 radical (unpaired) electrons. The summed E-state index contributed by atoms with van der Waals surface area (Å²) >= 11 is 0. The minimum atomic E-state index is -0.659. The van der Waals surface area contributed by atoms with Gasteiger partial charge in [0.2, 0.25) is 5.75 Å². The van der Waals surface area contributed by atoms with Gasteiger partial charge in [0, 0.05) is 38.0 Å². The van der Waals surface area contributed by atoms with Crippen molar-refractivity contribution >= 4 is 11.6 Å². The molecule has 1 saturated heterocycles. The van der Waals surface area contributed by atoms with Gasteiger partial charge in [-0.1, -0.05) is 0 Å². The number of nitro benzene ring substituents is 1. The Kier molecular flexibility index (Phi) is 7.09. The van der Waals surface area contributed by atoms with Gasteiger partial charge in [0.25, 0.3) is 5.91 Å². The van der Waals surface area contributed by atoms with E-state index in [0.29, 0.717) is 6.54 Å². The molecule has 1 N–H and O–H groups in total. The van der Waals surface area contributed by atoms with E-state index in [4.69, 9.17) is 9.47 Å². The summed E-state index contributed by atoms with van der Waals surface area (Å²) in [4.78, 5) is 24.8. The van der Waals surface area contributed by atoms with E-state index < -0.39 is 10.7 Å². The second kappa shape index (κ2) is 9.94. The van der Waals surface area contributed by atoms with Crippen LogP contribution in [0.15, 0.2) is 30.5 Å². The molecular weight excluding hydrogens is 385 g/mol. The Bertz CT molecular complexity index is 853. The number of carbonyl (C=O) groups excluding carboxylic acids is 1. The summed E-state index contributed by atoms with van der Waals surface area (Å²) in [6, 6.07) is 4.47. The highest BCUT2D eigenvalue weighted by molar-refractivity contribution is 5.92. The van der Waals surface area contributed by atoms with E-state index in [1.54, 1.807) is 0 Å². The lowest BCUT2D eigenvalue weighted by Gasteiger charge is -2.26. The number of rotatable bonds is 9. The van der Waals surface area contributed by atoms with Gasteiger partial charge < -0.3 is 14.8 Å². The maximum Gasteiger partial charge on any atom is 0.311 e. The topological polar surface area (TPSA) is 112 Å². The van der Waals surface area contributed by atoms with Crippen LogP contribution in [0.1, 0.15) is 16.9 Å². The molecule has 29 heavy (non-hydrogen) atoms. The van der Waals surface area contributed by atoms with Gasteiger partial charge in [0.05, 0.1) is 18.1 Å². The molecule has 1 aromatic heterocycles. The fourth-order valence-electron chi connectivity index (χ4n) is 2.86. The first-order valence-electron chi connectivity index (χ1n) is 9.21. The summed E-state index contributed by atoms with van der Waals surface area (Å²) in [5.74, 6) is -1.18. The molecule has 1 aliphatic heterocycles. The number of nitrogens with one attached hydrogen (secondary N) is 1. The number of halogens is 1. The van der Waals surface area contributed by atoms with Gasteiger partial charge in [-0.3, -0.25) is 19.8 Å². The maximum atomic E-state index is 13.3. The molecule has 2 heterocycles. The van der Waals surface area contributed by atoms with Crippen LogP contribution >= 0.6 is 0 Å². The average molecular weight is 407 g/mol. The fraction of sp³-hybridized carbons (Fsp3) is 0.444. The molecule has 156 valence electrons. The SMILES string of the molecule is O=C(NCCCN1CCOCC1)c1ccn(COc2cc(F)ccc2[N+](=O)[O-])n1. The summed E-state index contributed by atoms with van der Waals surface area (Å²) in [5, 5.41) is 17.9. The predicted molar refractivity (Wildman–Crippen MR) is 100 cm³/mol. The Balaban J connectivity index is 1.46. The molecule has 1 aliphatic rings. The summed E-state index contributed by atoms with van der Waals surface area (Å²) < 4.78 is 25.2. The van der Waals surface area contributed by atoms with E-state index in [1.165, 1.54) is 16.9 Å². The van der Waals surface area contributed by atoms with Crippen LogP contribution in [0.25, 0.3) is 0 Å². The molecule has 2 aromatic rings. The van der Waals surface area contributed by atoms with E-state index in [0.717, 1.165) is 57.5 Å². The average Bonchev–Trinajstić information content (AvgIpc) is 3.19. The third kappa shape index (κ3) is 5.96. The van der Waals surface area contributed by atoms with Crippen LogP contribution in [-0.2, 0) is 11.5 Å². The number of aromatic nitrogens is 2. The number of morpholine rings is 1. The molecule has 0 atom stereocenters. The van der Waals surface area contributed by atoms with Crippen molar-refractivity contribution in [2.45, 2.75) is 13.2 Å². The number of benzene rings is 1. The van der Waals surface area contributed by atoms with Gasteiger partial charge in [0.15, 0.2) is 6.73 Å². The number of nitrogens with zero attached hydrogens (tertiary/aromatic N) is 4. The smallest absolute Gasteiger partial charge is 0.311 e. The molecule has 0 saturated carbocycles. The van der Waals surface area contributed by atoms with E-state index in [9.17, 15) is 19.3 Å². The number of ether oxygens (including phenoxy) is 2. The molecule has 0 aliphatic carbocycles. The van der Waals surface area contributed by atoms with E-state index in [2.05, 4.69) is 15.3 Å². The van der Waals surface area contributed by atoms with E-state index in [-0.39, 0.29) is 29.8 Å². The first-order chi connectivity index (χ1) is 14.0. The van der Waals surface area contributed by atoms with Crippen molar-refractivity contribution in [2.24, 2.45) is 0 Å². The van der Waals surface area contributed by atoms with Crippen molar-refractivity contribution in [1.82, 2.24) is 20.0 Å². The Morgan fingerprint density at radius 2 is 2.14 bits per heavy atom. The summed E-state index contributed by atoms with van der Waals surface area (Å²) in [6.45, 7) is 4.50. The lowest BCUT2D eigenvalue weighted by atomic mass is 10.3. The van der Waals surface area contributed by atoms with Crippen LogP contribution in [0.3, 0.4) is 0 Å². The Morgan fingerprint density at radius 3 is 2.90 bits per heavy atom. The number of carbonyl (C=O) groups is 1. The van der Waals surface area contributed by atoms with Crippen molar-refractivity contribution in [2.75, 3.05) is 39.4 Å². The molecule has 0 spiro atoms. The molecule has 10 nitrogen and oxygen atoms in total. The van der Waals surface area contributed by atoms with Gasteiger partial charge in [0.1, 0.15) is 11.5 Å². The van der Waals surface area contributed by atoms with Crippen LogP contribution in [0.5, 0.6) is 5.75 Å². The molecule has 0 unspecified atom stereocenters. The third-order valence-electron chi connectivity index (χ3n) is 4.38. The first kappa shape index (κ1) is 20.7. The highest BCUT2D eigenvalue weighted by atomic mass is 19.1. The van der Waals surface area contributed by atoms with Gasteiger partial charge >= 0.3 is 5.69 Å². The second-order valence-electron chi connectivity index (χ2n) is 6.45. The monoisotopic (exact) mass is 407 g/mol. The molecular formula is C18H22FN5O5. The highest BCUT2D eigenvalue weighted by Crippen LogP contribution is 2.27. The number of amides is 1. The van der Waals surface area contributed by atoms with Crippen LogP contribution in [0.2, 0.25) is 0 Å². The minimum absolute atomic E-state index is 0.200. The molecule has 1 fully saturated rings. The maximum absolute atomic E-state index is 13.3. The molecule has 1 aromatic carbocycles. The van der Waals surface area contributed by atoms with Crippen molar-refractivity contribution in [3.63, 3.8) is 0 Å². The largest absolute Gasteiger partial charge is 0.464 e. The van der Waals surface area contributed by atoms with Crippen LogP contribution in [-0.4, -0.2) is 64.9 Å². The van der Waals surface area contributed by atoms with Gasteiger partial charge in [-0.15, -0.1) is 0 Å². The summed E-state index contributed by atoms with van der Waals surface area (Å²) in [7, 11) is 0. The molecule has 11 heteroatoms. The fourth-order valence-corrected chi connectivity index (χ4v) is 2.86. The summed E-state index contributed by atoms with van der Waals surface area (Å²) in [5.41, 5.74) is -0.148. The zero-order valence-electron chi connectivity index (χ0n) is 15.8. The van der Waals surface area contributed by atoms with Gasteiger partial charge in [-0.25, -0.2) is 9.07 Å². The summed E-state index contributed by atoms with van der Waals surface area (Å²) in [6.07, 6.45) is 2.33. The lowest BCUT2D eigenvalue weighted by molar-refractivity contribution is -0.386. The third-order valence-corrected chi connectivity index (χ3v) is 4.38. The van der Waals surface area contributed by atoms with Crippen LogP contribution < -0.4 is 10.1 Å². The molecule has 0 bridgehead atoms. The van der Waals surface area contributed by atoms with Crippen LogP contribution in [0, 0.1) is 15.9 Å².